The zero-order valence-corrected chi connectivity index (χ0v) is 8.04. The average Bonchev–Trinajstić information content (AvgIpc) is 2.07. The third-order valence-corrected chi connectivity index (χ3v) is 1.90. The molecule has 14 heavy (non-hydrogen) atoms. The Morgan fingerprint density at radius 3 is 2.36 bits per heavy atom. The van der Waals surface area contributed by atoms with Crippen molar-refractivity contribution in [3.63, 3.8) is 0 Å². The highest BCUT2D eigenvalue weighted by atomic mass is 35.5. The first-order valence-electron chi connectivity index (χ1n) is 3.39. The van der Waals surface area contributed by atoms with Crippen LogP contribution in [0.4, 0.5) is 13.2 Å². The molecule has 0 atom stereocenters. The van der Waals surface area contributed by atoms with Gasteiger partial charge in [-0.3, -0.25) is 4.79 Å². The van der Waals surface area contributed by atoms with Crippen molar-refractivity contribution in [1.29, 1.82) is 0 Å². The first-order valence-corrected chi connectivity index (χ1v) is 4.14. The molecule has 1 nitrogen and oxygen atoms in total. The number of rotatable bonds is 2. The summed E-state index contributed by atoms with van der Waals surface area (Å²) in [5.74, 6) is -2.40. The molecule has 0 aliphatic rings. The Hall–Kier alpha value is -0.740. The fourth-order valence-electron chi connectivity index (χ4n) is 0.801. The summed E-state index contributed by atoms with van der Waals surface area (Å²) in [4.78, 5) is 10.9. The van der Waals surface area contributed by atoms with Crippen molar-refractivity contribution in [3.05, 3.63) is 34.6 Å². The van der Waals surface area contributed by atoms with Gasteiger partial charge in [0.2, 0.25) is 5.78 Å². The van der Waals surface area contributed by atoms with Gasteiger partial charge in [-0.1, -0.05) is 11.6 Å². The van der Waals surface area contributed by atoms with Crippen molar-refractivity contribution < 1.29 is 18.0 Å². The van der Waals surface area contributed by atoms with Crippen LogP contribution in [0.2, 0.25) is 5.02 Å². The third-order valence-electron chi connectivity index (χ3n) is 1.44. The maximum absolute atomic E-state index is 12.6. The summed E-state index contributed by atoms with van der Waals surface area (Å²) in [6, 6.07) is 2.51. The quantitative estimate of drug-likeness (QED) is 0.573. The first-order chi connectivity index (χ1) is 6.32. The highest BCUT2D eigenvalue weighted by Crippen LogP contribution is 2.26. The Labute approximate surface area is 87.4 Å². The van der Waals surface area contributed by atoms with Crippen LogP contribution in [0.15, 0.2) is 18.2 Å². The molecular formula is C8H3Cl2F3O. The van der Waals surface area contributed by atoms with Crippen molar-refractivity contribution >= 4 is 29.0 Å². The standard InChI is InChI=1S/C8H3Cl2F3O/c9-5-3-4(1-2-6(5)11)7(14)8(10,12)13/h1-3H. The van der Waals surface area contributed by atoms with E-state index in [1.807, 2.05) is 0 Å². The molecule has 0 N–H and O–H groups in total. The average molecular weight is 243 g/mol. The van der Waals surface area contributed by atoms with E-state index in [-0.39, 0.29) is 0 Å². The van der Waals surface area contributed by atoms with Crippen LogP contribution in [-0.4, -0.2) is 11.2 Å². The van der Waals surface area contributed by atoms with E-state index in [2.05, 4.69) is 11.6 Å². The summed E-state index contributed by atoms with van der Waals surface area (Å²) in [5.41, 5.74) is -0.434. The summed E-state index contributed by atoms with van der Waals surface area (Å²) in [7, 11) is 0. The summed E-state index contributed by atoms with van der Waals surface area (Å²) in [6.45, 7) is 0. The fraction of sp³-hybridized carbons (Fsp3) is 0.125. The van der Waals surface area contributed by atoms with E-state index in [1.54, 1.807) is 0 Å². The summed E-state index contributed by atoms with van der Waals surface area (Å²) >= 11 is 9.78. The Bertz CT molecular complexity index is 373. The fourth-order valence-corrected chi connectivity index (χ4v) is 1.09. The second-order valence-electron chi connectivity index (χ2n) is 2.46. The topological polar surface area (TPSA) is 17.1 Å². The molecular weight excluding hydrogens is 240 g/mol. The number of carbonyl (C=O) groups is 1. The van der Waals surface area contributed by atoms with Crippen molar-refractivity contribution in [2.75, 3.05) is 0 Å². The molecule has 0 saturated heterocycles. The molecule has 76 valence electrons. The number of hydrogen-bond acceptors (Lipinski definition) is 1. The summed E-state index contributed by atoms with van der Waals surface area (Å²) in [5, 5.41) is -4.40. The SMILES string of the molecule is O=C(c1ccc(F)c(Cl)c1)C(F)(F)Cl. The van der Waals surface area contributed by atoms with Crippen molar-refractivity contribution in [2.24, 2.45) is 0 Å². The van der Waals surface area contributed by atoms with Crippen LogP contribution in [0, 0.1) is 5.82 Å². The number of carbonyl (C=O) groups excluding carboxylic acids is 1. The largest absolute Gasteiger partial charge is 0.384 e. The van der Waals surface area contributed by atoms with E-state index in [0.29, 0.717) is 0 Å². The predicted octanol–water partition coefficient (Wildman–Crippen LogP) is 3.49. The van der Waals surface area contributed by atoms with E-state index in [4.69, 9.17) is 11.6 Å². The number of ketones is 1. The highest BCUT2D eigenvalue weighted by Gasteiger charge is 2.36. The molecule has 6 heteroatoms. The molecule has 0 aliphatic carbocycles. The molecule has 1 aromatic carbocycles. The van der Waals surface area contributed by atoms with E-state index in [9.17, 15) is 18.0 Å². The maximum atomic E-state index is 12.6. The normalized spacial score (nSPS) is 11.5. The van der Waals surface area contributed by atoms with Gasteiger partial charge in [-0.15, -0.1) is 0 Å². The minimum Gasteiger partial charge on any atom is -0.286 e. The predicted molar refractivity (Wildman–Crippen MR) is 46.5 cm³/mol. The van der Waals surface area contributed by atoms with Crippen LogP contribution in [0.25, 0.3) is 0 Å². The molecule has 0 aliphatic heterocycles. The van der Waals surface area contributed by atoms with Gasteiger partial charge in [-0.05, 0) is 29.8 Å². The summed E-state index contributed by atoms with van der Waals surface area (Å²) in [6.07, 6.45) is 0. The zero-order valence-electron chi connectivity index (χ0n) is 6.53. The lowest BCUT2D eigenvalue weighted by Crippen LogP contribution is -2.21. The molecule has 0 radical (unpaired) electrons. The van der Waals surface area contributed by atoms with Crippen molar-refractivity contribution in [2.45, 2.75) is 5.38 Å². The minimum atomic E-state index is -4.00. The van der Waals surface area contributed by atoms with Crippen LogP contribution < -0.4 is 0 Å². The lowest BCUT2D eigenvalue weighted by Gasteiger charge is -2.06. The molecule has 0 saturated carbocycles. The van der Waals surface area contributed by atoms with Crippen LogP contribution >= 0.6 is 23.2 Å². The number of Topliss-reactive ketones (excluding diaryl/α,β-unsaturated/α-hetero) is 1. The molecule has 0 unspecified atom stereocenters. The molecule has 0 bridgehead atoms. The van der Waals surface area contributed by atoms with Gasteiger partial charge >= 0.3 is 5.38 Å². The molecule has 0 fully saturated rings. The van der Waals surface area contributed by atoms with Crippen molar-refractivity contribution in [1.82, 2.24) is 0 Å². The second kappa shape index (κ2) is 3.79. The Morgan fingerprint density at radius 2 is 1.93 bits per heavy atom. The van der Waals surface area contributed by atoms with E-state index in [0.717, 1.165) is 18.2 Å². The van der Waals surface area contributed by atoms with Gasteiger partial charge in [0.05, 0.1) is 5.02 Å². The third kappa shape index (κ3) is 2.39. The molecule has 1 rings (SSSR count). The van der Waals surface area contributed by atoms with Gasteiger partial charge in [0.15, 0.2) is 0 Å². The Kier molecular flexibility index (Phi) is 3.07. The summed E-state index contributed by atoms with van der Waals surface area (Å²) < 4.78 is 37.2. The van der Waals surface area contributed by atoms with Crippen LogP contribution in [0.1, 0.15) is 10.4 Å². The van der Waals surface area contributed by atoms with Gasteiger partial charge in [0.25, 0.3) is 0 Å². The van der Waals surface area contributed by atoms with E-state index < -0.39 is 27.6 Å². The zero-order chi connectivity index (χ0) is 10.9. The number of halogens is 5. The monoisotopic (exact) mass is 242 g/mol. The van der Waals surface area contributed by atoms with E-state index in [1.165, 1.54) is 0 Å². The smallest absolute Gasteiger partial charge is 0.286 e. The molecule has 0 amide bonds. The maximum Gasteiger partial charge on any atom is 0.384 e. The lowest BCUT2D eigenvalue weighted by atomic mass is 10.1. The van der Waals surface area contributed by atoms with Crippen LogP contribution in [-0.2, 0) is 0 Å². The minimum absolute atomic E-state index is 0.406. The number of hydrogen-bond donors (Lipinski definition) is 0. The number of alkyl halides is 3. The molecule has 0 heterocycles. The lowest BCUT2D eigenvalue weighted by molar-refractivity contribution is 0.0536. The van der Waals surface area contributed by atoms with E-state index >= 15 is 0 Å². The van der Waals surface area contributed by atoms with Gasteiger partial charge < -0.3 is 0 Å². The molecule has 0 aromatic heterocycles. The van der Waals surface area contributed by atoms with Gasteiger partial charge in [-0.2, -0.15) is 8.78 Å². The molecule has 1 aromatic rings. The second-order valence-corrected chi connectivity index (χ2v) is 3.34. The van der Waals surface area contributed by atoms with Crippen LogP contribution in [0.3, 0.4) is 0 Å². The first kappa shape index (κ1) is 11.3. The van der Waals surface area contributed by atoms with Gasteiger partial charge in [0, 0.05) is 5.56 Å². The van der Waals surface area contributed by atoms with Gasteiger partial charge in [-0.25, -0.2) is 4.39 Å². The molecule has 0 spiro atoms. The Balaban J connectivity index is 3.10. The number of benzene rings is 1. The Morgan fingerprint density at radius 1 is 1.36 bits per heavy atom. The highest BCUT2D eigenvalue weighted by molar-refractivity contribution is 6.36. The van der Waals surface area contributed by atoms with Crippen molar-refractivity contribution in [3.8, 4) is 0 Å². The van der Waals surface area contributed by atoms with Crippen LogP contribution in [0.5, 0.6) is 0 Å². The van der Waals surface area contributed by atoms with Gasteiger partial charge in [0.1, 0.15) is 5.82 Å².